The summed E-state index contributed by atoms with van der Waals surface area (Å²) in [5.74, 6) is 0.157. The number of nitrogens with two attached hydrogens (primary N) is 1. The highest BCUT2D eigenvalue weighted by Gasteiger charge is 2.09. The number of rotatable bonds is 8. The lowest BCUT2D eigenvalue weighted by Gasteiger charge is -2.06. The molecule has 0 unspecified atom stereocenters. The van der Waals surface area contributed by atoms with Gasteiger partial charge in [0.2, 0.25) is 10.0 Å². The van der Waals surface area contributed by atoms with Gasteiger partial charge in [-0.3, -0.25) is 0 Å². The minimum Gasteiger partial charge on any atom is -0.409 e. The number of sulfonamides is 1. The number of nitrogens with zero attached hydrogens (tertiary/aromatic N) is 1. The highest BCUT2D eigenvalue weighted by Crippen LogP contribution is 2.01. The number of benzene rings is 1. The van der Waals surface area contributed by atoms with Crippen LogP contribution >= 0.6 is 0 Å². The van der Waals surface area contributed by atoms with Crippen molar-refractivity contribution in [3.63, 3.8) is 0 Å². The van der Waals surface area contributed by atoms with Gasteiger partial charge < -0.3 is 10.9 Å². The molecule has 0 bridgehead atoms. The van der Waals surface area contributed by atoms with E-state index in [0.717, 1.165) is 5.56 Å². The molecule has 0 heterocycles. The third-order valence-electron chi connectivity index (χ3n) is 2.56. The van der Waals surface area contributed by atoms with E-state index in [4.69, 9.17) is 10.9 Å². The van der Waals surface area contributed by atoms with E-state index in [0.29, 0.717) is 19.3 Å². The van der Waals surface area contributed by atoms with E-state index in [2.05, 4.69) is 9.88 Å². The standard InChI is InChI=1S/C12H19N3O3S/c13-12(15-16)7-4-9-14-19(17,18)10-8-11-5-2-1-3-6-11/h1-3,5-6,14,16H,4,7-10H2,(H2,13,15). The van der Waals surface area contributed by atoms with Crippen LogP contribution in [0.3, 0.4) is 0 Å². The van der Waals surface area contributed by atoms with Crippen LogP contribution in [0.2, 0.25) is 0 Å². The second kappa shape index (κ2) is 7.75. The zero-order valence-electron chi connectivity index (χ0n) is 10.6. The fraction of sp³-hybridized carbons (Fsp3) is 0.417. The van der Waals surface area contributed by atoms with E-state index in [-0.39, 0.29) is 18.1 Å². The van der Waals surface area contributed by atoms with Crippen LogP contribution in [0.4, 0.5) is 0 Å². The Labute approximate surface area is 113 Å². The molecular formula is C12H19N3O3S. The summed E-state index contributed by atoms with van der Waals surface area (Å²) in [6.07, 6.45) is 1.34. The summed E-state index contributed by atoms with van der Waals surface area (Å²) in [6, 6.07) is 9.45. The third-order valence-corrected chi connectivity index (χ3v) is 3.95. The topological polar surface area (TPSA) is 105 Å². The largest absolute Gasteiger partial charge is 0.409 e. The lowest BCUT2D eigenvalue weighted by atomic mass is 10.2. The highest BCUT2D eigenvalue weighted by molar-refractivity contribution is 7.89. The fourth-order valence-electron chi connectivity index (χ4n) is 1.52. The van der Waals surface area contributed by atoms with Gasteiger partial charge in [-0.05, 0) is 18.4 Å². The van der Waals surface area contributed by atoms with Crippen LogP contribution in [-0.2, 0) is 16.4 Å². The second-order valence-electron chi connectivity index (χ2n) is 4.14. The van der Waals surface area contributed by atoms with Crippen molar-refractivity contribution >= 4 is 15.9 Å². The van der Waals surface area contributed by atoms with Crippen molar-refractivity contribution in [1.29, 1.82) is 0 Å². The summed E-state index contributed by atoms with van der Waals surface area (Å²) in [7, 11) is -3.28. The van der Waals surface area contributed by atoms with Gasteiger partial charge >= 0.3 is 0 Å². The quantitative estimate of drug-likeness (QED) is 0.215. The Morgan fingerprint density at radius 3 is 2.63 bits per heavy atom. The molecule has 0 aliphatic heterocycles. The average molecular weight is 285 g/mol. The lowest BCUT2D eigenvalue weighted by molar-refractivity contribution is 0.316. The van der Waals surface area contributed by atoms with Crippen molar-refractivity contribution in [2.75, 3.05) is 12.3 Å². The number of hydrogen-bond donors (Lipinski definition) is 3. The van der Waals surface area contributed by atoms with Crippen LogP contribution in [0.15, 0.2) is 35.5 Å². The van der Waals surface area contributed by atoms with Crippen molar-refractivity contribution in [1.82, 2.24) is 4.72 Å². The molecule has 1 aromatic rings. The van der Waals surface area contributed by atoms with Crippen molar-refractivity contribution in [2.24, 2.45) is 10.9 Å². The molecule has 19 heavy (non-hydrogen) atoms. The fourth-order valence-corrected chi connectivity index (χ4v) is 2.62. The Morgan fingerprint density at radius 1 is 1.32 bits per heavy atom. The normalized spacial score (nSPS) is 12.5. The average Bonchev–Trinajstić information content (AvgIpc) is 2.42. The van der Waals surface area contributed by atoms with Gasteiger partial charge in [-0.25, -0.2) is 13.1 Å². The molecule has 4 N–H and O–H groups in total. The van der Waals surface area contributed by atoms with Crippen LogP contribution in [0.1, 0.15) is 18.4 Å². The molecule has 0 spiro atoms. The monoisotopic (exact) mass is 285 g/mol. The van der Waals surface area contributed by atoms with E-state index in [1.165, 1.54) is 0 Å². The van der Waals surface area contributed by atoms with Gasteiger partial charge in [-0.2, -0.15) is 0 Å². The number of amidine groups is 1. The Hall–Kier alpha value is -1.60. The molecule has 0 fully saturated rings. The molecule has 0 saturated heterocycles. The predicted octanol–water partition coefficient (Wildman–Crippen LogP) is 0.675. The van der Waals surface area contributed by atoms with Crippen LogP contribution < -0.4 is 10.5 Å². The van der Waals surface area contributed by atoms with Gasteiger partial charge in [-0.1, -0.05) is 35.5 Å². The zero-order chi connectivity index (χ0) is 14.1. The van der Waals surface area contributed by atoms with Crippen LogP contribution in [0.25, 0.3) is 0 Å². The van der Waals surface area contributed by atoms with Gasteiger partial charge in [0.25, 0.3) is 0 Å². The number of aryl methyl sites for hydroxylation is 1. The molecule has 0 amide bonds. The molecule has 1 aromatic carbocycles. The highest BCUT2D eigenvalue weighted by atomic mass is 32.2. The van der Waals surface area contributed by atoms with Gasteiger partial charge in [0.1, 0.15) is 5.84 Å². The molecule has 0 aliphatic rings. The maximum absolute atomic E-state index is 11.7. The second-order valence-corrected chi connectivity index (χ2v) is 6.07. The smallest absolute Gasteiger partial charge is 0.211 e. The molecule has 7 heteroatoms. The summed E-state index contributed by atoms with van der Waals surface area (Å²) in [5, 5.41) is 11.1. The van der Waals surface area contributed by atoms with Gasteiger partial charge in [0, 0.05) is 13.0 Å². The minimum absolute atomic E-state index is 0.0561. The molecule has 0 aromatic heterocycles. The minimum atomic E-state index is -3.28. The lowest BCUT2D eigenvalue weighted by Crippen LogP contribution is -2.29. The number of oxime groups is 1. The Bertz CT molecular complexity index is 500. The van der Waals surface area contributed by atoms with E-state index in [1.54, 1.807) is 0 Å². The van der Waals surface area contributed by atoms with Crippen LogP contribution in [-0.4, -0.2) is 31.8 Å². The number of nitrogens with one attached hydrogen (secondary N) is 1. The van der Waals surface area contributed by atoms with Gasteiger partial charge in [-0.15, -0.1) is 0 Å². The Morgan fingerprint density at radius 2 is 2.00 bits per heavy atom. The first-order chi connectivity index (χ1) is 9.03. The molecule has 106 valence electrons. The molecule has 6 nitrogen and oxygen atoms in total. The first-order valence-electron chi connectivity index (χ1n) is 6.01. The Kier molecular flexibility index (Phi) is 6.31. The third kappa shape index (κ3) is 6.78. The molecule has 0 atom stereocenters. The first-order valence-corrected chi connectivity index (χ1v) is 7.66. The SMILES string of the molecule is N/C(CCCNS(=O)(=O)CCc1ccccc1)=N/O. The zero-order valence-corrected chi connectivity index (χ0v) is 11.4. The van der Waals surface area contributed by atoms with Crippen LogP contribution in [0, 0.1) is 0 Å². The summed E-state index contributed by atoms with van der Waals surface area (Å²) in [4.78, 5) is 0. The predicted molar refractivity (Wildman–Crippen MR) is 74.6 cm³/mol. The Balaban J connectivity index is 2.28. The molecule has 1 rings (SSSR count). The first kappa shape index (κ1) is 15.5. The van der Waals surface area contributed by atoms with Crippen molar-refractivity contribution in [2.45, 2.75) is 19.3 Å². The molecule has 0 saturated carbocycles. The van der Waals surface area contributed by atoms with E-state index >= 15 is 0 Å². The summed E-state index contributed by atoms with van der Waals surface area (Å²) in [6.45, 7) is 0.285. The van der Waals surface area contributed by atoms with E-state index < -0.39 is 10.0 Å². The summed E-state index contributed by atoms with van der Waals surface area (Å²) >= 11 is 0. The van der Waals surface area contributed by atoms with Gasteiger partial charge in [0.15, 0.2) is 0 Å². The number of hydrogen-bond acceptors (Lipinski definition) is 4. The molecule has 0 aliphatic carbocycles. The maximum atomic E-state index is 11.7. The maximum Gasteiger partial charge on any atom is 0.211 e. The van der Waals surface area contributed by atoms with Gasteiger partial charge in [0.05, 0.1) is 5.75 Å². The van der Waals surface area contributed by atoms with Crippen molar-refractivity contribution in [3.05, 3.63) is 35.9 Å². The van der Waals surface area contributed by atoms with E-state index in [9.17, 15) is 8.42 Å². The van der Waals surface area contributed by atoms with Crippen molar-refractivity contribution in [3.8, 4) is 0 Å². The summed E-state index contributed by atoms with van der Waals surface area (Å²) in [5.41, 5.74) is 6.27. The van der Waals surface area contributed by atoms with Crippen LogP contribution in [0.5, 0.6) is 0 Å². The van der Waals surface area contributed by atoms with E-state index in [1.807, 2.05) is 30.3 Å². The van der Waals surface area contributed by atoms with Crippen molar-refractivity contribution < 1.29 is 13.6 Å². The summed E-state index contributed by atoms with van der Waals surface area (Å²) < 4.78 is 25.9. The molecular weight excluding hydrogens is 266 g/mol. The molecule has 0 radical (unpaired) electrons.